The smallest absolute Gasteiger partial charge is 0.271 e. The van der Waals surface area contributed by atoms with Gasteiger partial charge in [0.05, 0.1) is 15.4 Å². The molecule has 0 bridgehead atoms. The monoisotopic (exact) mass is 450 g/mol. The molecule has 0 radical (unpaired) electrons. The van der Waals surface area contributed by atoms with Gasteiger partial charge in [0.2, 0.25) is 10.0 Å². The summed E-state index contributed by atoms with van der Waals surface area (Å²) in [5, 5.41) is 11.0. The Hall–Kier alpha value is -3.05. The highest BCUT2D eigenvalue weighted by atomic mass is 32.2. The van der Waals surface area contributed by atoms with Crippen LogP contribution in [-0.4, -0.2) is 56.4 Å². The predicted octanol–water partition coefficient (Wildman–Crippen LogP) is 2.38. The van der Waals surface area contributed by atoms with Gasteiger partial charge in [0.15, 0.2) is 0 Å². The van der Waals surface area contributed by atoms with E-state index >= 15 is 0 Å². The molecule has 0 spiro atoms. The highest BCUT2D eigenvalue weighted by molar-refractivity contribution is 7.89. The Morgan fingerprint density at radius 2 is 1.81 bits per heavy atom. The average Bonchev–Trinajstić information content (AvgIpc) is 2.72. The van der Waals surface area contributed by atoms with Gasteiger partial charge in [-0.2, -0.15) is 0 Å². The lowest BCUT2D eigenvalue weighted by Crippen LogP contribution is -2.49. The Morgan fingerprint density at radius 3 is 2.42 bits per heavy atom. The molecule has 166 valence electrons. The van der Waals surface area contributed by atoms with Crippen LogP contribution in [0.4, 0.5) is 15.8 Å². The van der Waals surface area contributed by atoms with Crippen molar-refractivity contribution in [3.63, 3.8) is 0 Å². The van der Waals surface area contributed by atoms with Crippen LogP contribution in [0.25, 0.3) is 0 Å². The number of hydrogen-bond acceptors (Lipinski definition) is 6. The highest BCUT2D eigenvalue weighted by Crippen LogP contribution is 2.23. The van der Waals surface area contributed by atoms with Crippen LogP contribution in [0.3, 0.4) is 0 Å². The Kier molecular flexibility index (Phi) is 6.56. The van der Waals surface area contributed by atoms with Gasteiger partial charge in [0.25, 0.3) is 11.6 Å². The molecule has 1 aliphatic heterocycles. The zero-order valence-corrected chi connectivity index (χ0v) is 17.9. The molecular formula is C20H23FN4O5S. The van der Waals surface area contributed by atoms with Gasteiger partial charge < -0.3 is 9.80 Å². The molecule has 1 N–H and O–H groups in total. The molecule has 1 aliphatic rings. The summed E-state index contributed by atoms with van der Waals surface area (Å²) in [6.07, 6.45) is 0. The van der Waals surface area contributed by atoms with Crippen molar-refractivity contribution < 1.29 is 22.5 Å². The summed E-state index contributed by atoms with van der Waals surface area (Å²) in [5.41, 5.74) is 0.335. The second kappa shape index (κ2) is 8.98. The van der Waals surface area contributed by atoms with Crippen LogP contribution in [-0.2, 0) is 10.0 Å². The number of nitro groups is 1. The average molecular weight is 450 g/mol. The van der Waals surface area contributed by atoms with E-state index in [-0.39, 0.29) is 35.3 Å². The van der Waals surface area contributed by atoms with E-state index in [9.17, 15) is 27.7 Å². The Bertz CT molecular complexity index is 1100. The van der Waals surface area contributed by atoms with Crippen molar-refractivity contribution in [2.24, 2.45) is 0 Å². The fourth-order valence-corrected chi connectivity index (χ4v) is 4.63. The number of halogens is 1. The lowest BCUT2D eigenvalue weighted by molar-refractivity contribution is -0.384. The number of benzene rings is 2. The number of sulfonamides is 1. The number of nitro benzene ring substituents is 1. The first-order valence-corrected chi connectivity index (χ1v) is 11.2. The molecular weight excluding hydrogens is 427 g/mol. The summed E-state index contributed by atoms with van der Waals surface area (Å²) >= 11 is 0. The first kappa shape index (κ1) is 22.6. The van der Waals surface area contributed by atoms with Gasteiger partial charge in [0.1, 0.15) is 5.82 Å². The molecule has 0 atom stereocenters. The maximum absolute atomic E-state index is 14.4. The third kappa shape index (κ3) is 5.17. The summed E-state index contributed by atoms with van der Waals surface area (Å²) in [6, 6.07) is 9.01. The molecule has 0 unspecified atom stereocenters. The molecule has 1 amide bonds. The molecule has 0 saturated carbocycles. The van der Waals surface area contributed by atoms with E-state index in [1.165, 1.54) is 17.0 Å². The highest BCUT2D eigenvalue weighted by Gasteiger charge is 2.27. The van der Waals surface area contributed by atoms with Crippen molar-refractivity contribution in [1.82, 2.24) is 9.62 Å². The lowest BCUT2D eigenvalue weighted by Gasteiger charge is -2.36. The van der Waals surface area contributed by atoms with Crippen molar-refractivity contribution >= 4 is 27.3 Å². The van der Waals surface area contributed by atoms with E-state index in [0.717, 1.165) is 18.2 Å². The minimum Gasteiger partial charge on any atom is -0.368 e. The van der Waals surface area contributed by atoms with Gasteiger partial charge in [-0.15, -0.1) is 0 Å². The Balaban J connectivity index is 1.74. The molecule has 9 nitrogen and oxygen atoms in total. The molecule has 2 aromatic rings. The second-order valence-corrected chi connectivity index (χ2v) is 9.19. The third-order valence-corrected chi connectivity index (χ3v) is 6.50. The van der Waals surface area contributed by atoms with Crippen LogP contribution >= 0.6 is 0 Å². The van der Waals surface area contributed by atoms with E-state index in [2.05, 4.69) is 4.72 Å². The lowest BCUT2D eigenvalue weighted by atomic mass is 10.1. The maximum atomic E-state index is 14.4. The number of nitrogens with zero attached hydrogens (tertiary/aromatic N) is 3. The first-order chi connectivity index (χ1) is 14.6. The normalized spacial score (nSPS) is 14.7. The minimum atomic E-state index is -3.87. The van der Waals surface area contributed by atoms with Crippen molar-refractivity contribution in [2.75, 3.05) is 31.1 Å². The largest absolute Gasteiger partial charge is 0.368 e. The molecule has 31 heavy (non-hydrogen) atoms. The summed E-state index contributed by atoms with van der Waals surface area (Å²) in [6.45, 7) is 4.66. The number of carbonyl (C=O) groups is 1. The van der Waals surface area contributed by atoms with Crippen LogP contribution in [0.5, 0.6) is 0 Å². The summed E-state index contributed by atoms with van der Waals surface area (Å²) in [5.74, 6) is -1.40. The predicted molar refractivity (Wildman–Crippen MR) is 113 cm³/mol. The number of anilines is 1. The molecule has 3 rings (SSSR count). The van der Waals surface area contributed by atoms with Gasteiger partial charge >= 0.3 is 0 Å². The van der Waals surface area contributed by atoms with E-state index in [1.807, 2.05) is 4.90 Å². The van der Waals surface area contributed by atoms with Crippen LogP contribution in [0.15, 0.2) is 47.4 Å². The van der Waals surface area contributed by atoms with Gasteiger partial charge in [-0.05, 0) is 38.1 Å². The van der Waals surface area contributed by atoms with Crippen LogP contribution in [0, 0.1) is 15.9 Å². The van der Waals surface area contributed by atoms with Crippen molar-refractivity contribution in [3.05, 3.63) is 64.0 Å². The number of amides is 1. The van der Waals surface area contributed by atoms with E-state index in [1.54, 1.807) is 26.0 Å². The fraction of sp³-hybridized carbons (Fsp3) is 0.350. The van der Waals surface area contributed by atoms with Crippen molar-refractivity contribution in [1.29, 1.82) is 0 Å². The third-order valence-electron chi connectivity index (χ3n) is 4.84. The minimum absolute atomic E-state index is 0.0221. The number of nitrogens with one attached hydrogen (secondary N) is 1. The molecule has 1 saturated heterocycles. The second-order valence-electron chi connectivity index (χ2n) is 7.47. The Labute approximate surface area is 179 Å². The van der Waals surface area contributed by atoms with Crippen molar-refractivity contribution in [3.8, 4) is 0 Å². The zero-order valence-electron chi connectivity index (χ0n) is 17.1. The van der Waals surface area contributed by atoms with Crippen LogP contribution in [0.1, 0.15) is 24.2 Å². The molecule has 2 aromatic carbocycles. The van der Waals surface area contributed by atoms with Gasteiger partial charge in [-0.3, -0.25) is 14.9 Å². The SMILES string of the molecule is CC(C)NS(=O)(=O)c1ccc(F)c(C(=O)N2CCN(c3cccc([N+](=O)[O-])c3)CC2)c1. The molecule has 1 heterocycles. The zero-order chi connectivity index (χ0) is 22.8. The Morgan fingerprint density at radius 1 is 1.13 bits per heavy atom. The number of piperazine rings is 1. The van der Waals surface area contributed by atoms with E-state index in [0.29, 0.717) is 18.8 Å². The quantitative estimate of drug-likeness (QED) is 0.534. The molecule has 0 aliphatic carbocycles. The maximum Gasteiger partial charge on any atom is 0.271 e. The summed E-state index contributed by atoms with van der Waals surface area (Å²) < 4.78 is 41.5. The first-order valence-electron chi connectivity index (χ1n) is 9.69. The molecule has 11 heteroatoms. The topological polar surface area (TPSA) is 113 Å². The van der Waals surface area contributed by atoms with Gasteiger partial charge in [0, 0.05) is 50.0 Å². The van der Waals surface area contributed by atoms with Gasteiger partial charge in [-0.1, -0.05) is 6.07 Å². The fourth-order valence-electron chi connectivity index (χ4n) is 3.36. The number of rotatable bonds is 6. The summed E-state index contributed by atoms with van der Waals surface area (Å²) in [7, 11) is -3.87. The molecule has 1 fully saturated rings. The number of hydrogen-bond donors (Lipinski definition) is 1. The van der Waals surface area contributed by atoms with E-state index in [4.69, 9.17) is 0 Å². The van der Waals surface area contributed by atoms with Gasteiger partial charge in [-0.25, -0.2) is 17.5 Å². The van der Waals surface area contributed by atoms with E-state index < -0.39 is 26.7 Å². The van der Waals surface area contributed by atoms with Crippen LogP contribution < -0.4 is 9.62 Å². The number of carbonyl (C=O) groups excluding carboxylic acids is 1. The standard InChI is InChI=1S/C20H23FN4O5S/c1-14(2)22-31(29,30)17-6-7-19(21)18(13-17)20(26)24-10-8-23(9-11-24)15-4-3-5-16(12-15)25(27)28/h3-7,12-14,22H,8-11H2,1-2H3. The van der Waals surface area contributed by atoms with Crippen molar-refractivity contribution in [2.45, 2.75) is 24.8 Å². The summed E-state index contributed by atoms with van der Waals surface area (Å²) in [4.78, 5) is 26.5. The van der Waals surface area contributed by atoms with Crippen LogP contribution in [0.2, 0.25) is 0 Å². The molecule has 0 aromatic heterocycles. The number of non-ortho nitro benzene ring substituents is 1.